The molecule has 0 saturated heterocycles. The zero-order chi connectivity index (χ0) is 8.10. The second-order valence-electron chi connectivity index (χ2n) is 2.28. The Morgan fingerprint density at radius 2 is 2.27 bits per heavy atom. The molecule has 0 aromatic carbocycles. The highest BCUT2D eigenvalue weighted by Crippen LogP contribution is 2.21. The van der Waals surface area contributed by atoms with Gasteiger partial charge in [0, 0.05) is 5.57 Å². The molecule has 0 bridgehead atoms. The van der Waals surface area contributed by atoms with Crippen LogP contribution >= 0.6 is 15.9 Å². The van der Waals surface area contributed by atoms with Gasteiger partial charge in [-0.15, -0.1) is 0 Å². The fourth-order valence-electron chi connectivity index (χ4n) is 0.860. The van der Waals surface area contributed by atoms with Crippen LogP contribution in [-0.4, -0.2) is 0 Å². The van der Waals surface area contributed by atoms with E-state index in [-0.39, 0.29) is 0 Å². The monoisotopic (exact) mass is 208 g/mol. The zero-order valence-electron chi connectivity index (χ0n) is 6.23. The van der Waals surface area contributed by atoms with Crippen molar-refractivity contribution in [3.63, 3.8) is 0 Å². The molecule has 1 aliphatic carbocycles. The quantitative estimate of drug-likeness (QED) is 0.537. The van der Waals surface area contributed by atoms with E-state index in [1.54, 1.807) is 6.08 Å². The van der Waals surface area contributed by atoms with Crippen LogP contribution in [0.5, 0.6) is 0 Å². The minimum atomic E-state index is 1.04. The molecule has 0 nitrogen and oxygen atoms in total. The summed E-state index contributed by atoms with van der Waals surface area (Å²) in [6.07, 6.45) is 7.82. The number of halogens is 1. The van der Waals surface area contributed by atoms with Gasteiger partial charge in [-0.25, -0.2) is 0 Å². The van der Waals surface area contributed by atoms with Crippen LogP contribution in [0.25, 0.3) is 0 Å². The van der Waals surface area contributed by atoms with Crippen molar-refractivity contribution in [3.8, 4) is 11.8 Å². The normalized spacial score (nSPS) is 15.7. The van der Waals surface area contributed by atoms with Crippen molar-refractivity contribution in [3.05, 3.63) is 34.9 Å². The molecule has 1 rings (SSSR count). The molecular formula is C10H9Br. The molecule has 1 aliphatic rings. The van der Waals surface area contributed by atoms with E-state index < -0.39 is 0 Å². The standard InChI is InChI=1S/C10H9Br/c1-2-3-4-9-5-7-10(11)8-6-9/h2,5,7H,1,6,8H2. The van der Waals surface area contributed by atoms with Gasteiger partial charge in [-0.05, 0) is 29.5 Å². The molecule has 56 valence electrons. The maximum absolute atomic E-state index is 3.53. The lowest BCUT2D eigenvalue weighted by Crippen LogP contribution is -1.85. The first-order valence-electron chi connectivity index (χ1n) is 3.50. The van der Waals surface area contributed by atoms with Crippen molar-refractivity contribution in [1.82, 2.24) is 0 Å². The van der Waals surface area contributed by atoms with Gasteiger partial charge in [0.1, 0.15) is 0 Å². The van der Waals surface area contributed by atoms with E-state index in [9.17, 15) is 0 Å². The van der Waals surface area contributed by atoms with Crippen LogP contribution in [0.15, 0.2) is 34.9 Å². The van der Waals surface area contributed by atoms with Gasteiger partial charge >= 0.3 is 0 Å². The molecular weight excluding hydrogens is 200 g/mol. The Hall–Kier alpha value is -0.740. The lowest BCUT2D eigenvalue weighted by atomic mass is 10.1. The predicted molar refractivity (Wildman–Crippen MR) is 52.3 cm³/mol. The molecule has 1 heteroatoms. The van der Waals surface area contributed by atoms with Gasteiger partial charge in [0.2, 0.25) is 0 Å². The highest BCUT2D eigenvalue weighted by molar-refractivity contribution is 9.11. The molecule has 0 N–H and O–H groups in total. The minimum absolute atomic E-state index is 1.04. The second-order valence-corrected chi connectivity index (χ2v) is 3.30. The summed E-state index contributed by atoms with van der Waals surface area (Å²) in [6.45, 7) is 3.53. The van der Waals surface area contributed by atoms with E-state index in [1.165, 1.54) is 10.1 Å². The average molecular weight is 209 g/mol. The summed E-state index contributed by atoms with van der Waals surface area (Å²) in [7, 11) is 0. The van der Waals surface area contributed by atoms with Crippen molar-refractivity contribution in [1.29, 1.82) is 0 Å². The van der Waals surface area contributed by atoms with Gasteiger partial charge < -0.3 is 0 Å². The smallest absolute Gasteiger partial charge is 0.00276 e. The van der Waals surface area contributed by atoms with Gasteiger partial charge in [-0.1, -0.05) is 40.4 Å². The maximum Gasteiger partial charge on any atom is 0.00276 e. The van der Waals surface area contributed by atoms with Crippen LogP contribution in [0.1, 0.15) is 12.8 Å². The Kier molecular flexibility index (Phi) is 3.19. The maximum atomic E-state index is 3.53. The van der Waals surface area contributed by atoms with Gasteiger partial charge in [0.05, 0.1) is 0 Å². The Morgan fingerprint density at radius 3 is 2.82 bits per heavy atom. The third-order valence-electron chi connectivity index (χ3n) is 1.43. The molecule has 0 atom stereocenters. The van der Waals surface area contributed by atoms with Crippen LogP contribution in [0.4, 0.5) is 0 Å². The number of allylic oxidation sites excluding steroid dienone is 5. The summed E-state index contributed by atoms with van der Waals surface area (Å²) >= 11 is 3.43. The highest BCUT2D eigenvalue weighted by Gasteiger charge is 2.00. The van der Waals surface area contributed by atoms with Crippen LogP contribution in [0.3, 0.4) is 0 Å². The van der Waals surface area contributed by atoms with E-state index in [2.05, 4.69) is 40.4 Å². The van der Waals surface area contributed by atoms with Crippen molar-refractivity contribution >= 4 is 15.9 Å². The minimum Gasteiger partial charge on any atom is -0.0906 e. The van der Waals surface area contributed by atoms with Crippen LogP contribution in [0.2, 0.25) is 0 Å². The third-order valence-corrected chi connectivity index (χ3v) is 2.09. The summed E-state index contributed by atoms with van der Waals surface area (Å²) < 4.78 is 1.25. The zero-order valence-corrected chi connectivity index (χ0v) is 7.82. The van der Waals surface area contributed by atoms with Gasteiger partial charge in [-0.3, -0.25) is 0 Å². The predicted octanol–water partition coefficient (Wildman–Crippen LogP) is 3.17. The molecule has 0 aromatic heterocycles. The van der Waals surface area contributed by atoms with Crippen LogP contribution in [-0.2, 0) is 0 Å². The van der Waals surface area contributed by atoms with Crippen molar-refractivity contribution in [2.24, 2.45) is 0 Å². The Balaban J connectivity index is 2.68. The van der Waals surface area contributed by atoms with Gasteiger partial charge in [0.15, 0.2) is 0 Å². The lowest BCUT2D eigenvalue weighted by Gasteiger charge is -2.03. The SMILES string of the molecule is C=CC#CC1=CC=C(Br)CC1. The first-order valence-corrected chi connectivity index (χ1v) is 4.30. The molecule has 0 aromatic rings. The average Bonchev–Trinajstić information content (AvgIpc) is 2.04. The summed E-state index contributed by atoms with van der Waals surface area (Å²) in [5.74, 6) is 5.85. The summed E-state index contributed by atoms with van der Waals surface area (Å²) in [6, 6.07) is 0. The molecule has 0 heterocycles. The summed E-state index contributed by atoms with van der Waals surface area (Å²) in [5, 5.41) is 0. The van der Waals surface area contributed by atoms with Crippen LogP contribution < -0.4 is 0 Å². The Labute approximate surface area is 75.8 Å². The van der Waals surface area contributed by atoms with Gasteiger partial charge in [0.25, 0.3) is 0 Å². The van der Waals surface area contributed by atoms with Gasteiger partial charge in [-0.2, -0.15) is 0 Å². The molecule has 0 unspecified atom stereocenters. The van der Waals surface area contributed by atoms with Crippen molar-refractivity contribution < 1.29 is 0 Å². The Bertz CT molecular complexity index is 271. The number of hydrogen-bond acceptors (Lipinski definition) is 0. The fraction of sp³-hybridized carbons (Fsp3) is 0.200. The molecule has 0 spiro atoms. The first kappa shape index (κ1) is 8.36. The molecule has 0 amide bonds. The fourth-order valence-corrected chi connectivity index (χ4v) is 1.19. The third kappa shape index (κ3) is 2.78. The molecule has 0 saturated carbocycles. The summed E-state index contributed by atoms with van der Waals surface area (Å²) in [5.41, 5.74) is 1.19. The number of rotatable bonds is 0. The van der Waals surface area contributed by atoms with Crippen LogP contribution in [0, 0.1) is 11.8 Å². The first-order chi connectivity index (χ1) is 5.33. The van der Waals surface area contributed by atoms with Crippen molar-refractivity contribution in [2.75, 3.05) is 0 Å². The topological polar surface area (TPSA) is 0 Å². The van der Waals surface area contributed by atoms with Crippen molar-refractivity contribution in [2.45, 2.75) is 12.8 Å². The van der Waals surface area contributed by atoms with E-state index in [1.807, 2.05) is 6.08 Å². The van der Waals surface area contributed by atoms with E-state index in [0.29, 0.717) is 0 Å². The summed E-state index contributed by atoms with van der Waals surface area (Å²) in [4.78, 5) is 0. The van der Waals surface area contributed by atoms with E-state index in [4.69, 9.17) is 0 Å². The second kappa shape index (κ2) is 4.20. The molecule has 0 radical (unpaired) electrons. The number of hydrogen-bond donors (Lipinski definition) is 0. The highest BCUT2D eigenvalue weighted by atomic mass is 79.9. The Morgan fingerprint density at radius 1 is 1.45 bits per heavy atom. The van der Waals surface area contributed by atoms with E-state index in [0.717, 1.165) is 12.8 Å². The largest absolute Gasteiger partial charge is 0.0906 e. The molecule has 11 heavy (non-hydrogen) atoms. The molecule has 0 aliphatic heterocycles. The molecule has 0 fully saturated rings. The van der Waals surface area contributed by atoms with E-state index >= 15 is 0 Å². The lowest BCUT2D eigenvalue weighted by molar-refractivity contribution is 0.990.